The van der Waals surface area contributed by atoms with Gasteiger partial charge < -0.3 is 20.3 Å². The Kier molecular flexibility index (Phi) is 5.47. The van der Waals surface area contributed by atoms with Crippen molar-refractivity contribution in [2.45, 2.75) is 13.0 Å². The third kappa shape index (κ3) is 4.09. The fourth-order valence-corrected chi connectivity index (χ4v) is 3.53. The number of aryl methyl sites for hydroxylation is 2. The fraction of sp³-hybridized carbons (Fsp3) is 0.182. The zero-order valence-electron chi connectivity index (χ0n) is 18.4. The predicted molar refractivity (Wildman–Crippen MR) is 125 cm³/mol. The van der Waals surface area contributed by atoms with Crippen LogP contribution in [0.3, 0.4) is 0 Å². The summed E-state index contributed by atoms with van der Waals surface area (Å²) in [4.78, 5) is 29.6. The molecule has 0 aliphatic rings. The molecule has 0 aliphatic heterocycles. The maximum Gasteiger partial charge on any atom is 0.273 e. The number of benzene rings is 1. The van der Waals surface area contributed by atoms with E-state index in [2.05, 4.69) is 40.8 Å². The van der Waals surface area contributed by atoms with Gasteiger partial charge in [0, 0.05) is 13.2 Å². The molecule has 5 rings (SSSR count). The first-order valence-corrected chi connectivity index (χ1v) is 10.4. The number of hydrogen-bond donors (Lipinski definition) is 4. The Morgan fingerprint density at radius 1 is 1.15 bits per heavy atom. The predicted octanol–water partition coefficient (Wildman–Crippen LogP) is 2.30. The number of aliphatic hydroxyl groups is 1. The molecule has 12 heteroatoms. The smallest absolute Gasteiger partial charge is 0.273 e. The van der Waals surface area contributed by atoms with Crippen molar-refractivity contribution in [3.8, 4) is 11.5 Å². The van der Waals surface area contributed by atoms with Crippen LogP contribution < -0.4 is 16.2 Å². The molecule has 12 nitrogen and oxygen atoms in total. The van der Waals surface area contributed by atoms with E-state index in [0.29, 0.717) is 34.1 Å². The quantitative estimate of drug-likeness (QED) is 0.284. The summed E-state index contributed by atoms with van der Waals surface area (Å²) in [6.07, 6.45) is 1.55. The summed E-state index contributed by atoms with van der Waals surface area (Å²) in [5, 5.41) is 23.3. The lowest BCUT2D eigenvalue weighted by Gasteiger charge is -2.19. The number of pyridine rings is 1. The zero-order valence-corrected chi connectivity index (χ0v) is 18.4. The minimum Gasteiger partial charge on any atom is -0.394 e. The van der Waals surface area contributed by atoms with Gasteiger partial charge in [-0.2, -0.15) is 9.97 Å². The van der Waals surface area contributed by atoms with Crippen LogP contribution >= 0.6 is 0 Å². The standard InChI is InChI=1S/C22H21N9O3/c1-12-24-21(34-30-12)15-10-23-22(27-17-9-8-14-19(26-17)31(2)29-20(14)33)28-18(15)25-16(11-32)13-6-4-3-5-7-13/h3-10,16,32H,11H2,1-2H3,(H,29,33)(H2,23,25,26,27,28)/t16-/m1/s1. The van der Waals surface area contributed by atoms with Crippen molar-refractivity contribution in [2.24, 2.45) is 7.05 Å². The van der Waals surface area contributed by atoms with E-state index in [1.54, 1.807) is 37.0 Å². The molecule has 0 amide bonds. The van der Waals surface area contributed by atoms with Gasteiger partial charge in [-0.25, -0.2) is 9.97 Å². The van der Waals surface area contributed by atoms with Gasteiger partial charge in [-0.3, -0.25) is 14.6 Å². The maximum absolute atomic E-state index is 11.9. The summed E-state index contributed by atoms with van der Waals surface area (Å²) in [7, 11) is 1.71. The molecule has 0 radical (unpaired) electrons. The average molecular weight is 459 g/mol. The van der Waals surface area contributed by atoms with Crippen LogP contribution in [0.15, 0.2) is 58.0 Å². The first-order valence-electron chi connectivity index (χ1n) is 10.4. The second kappa shape index (κ2) is 8.75. The van der Waals surface area contributed by atoms with Crippen molar-refractivity contribution < 1.29 is 9.63 Å². The highest BCUT2D eigenvalue weighted by atomic mass is 16.5. The van der Waals surface area contributed by atoms with Crippen LogP contribution in [0.25, 0.3) is 22.5 Å². The van der Waals surface area contributed by atoms with Gasteiger partial charge in [-0.05, 0) is 24.6 Å². The Morgan fingerprint density at radius 3 is 2.71 bits per heavy atom. The highest BCUT2D eigenvalue weighted by Crippen LogP contribution is 2.29. The summed E-state index contributed by atoms with van der Waals surface area (Å²) in [5.74, 6) is 1.81. The summed E-state index contributed by atoms with van der Waals surface area (Å²) in [6, 6.07) is 12.4. The van der Waals surface area contributed by atoms with E-state index in [-0.39, 0.29) is 24.0 Å². The molecule has 1 aromatic carbocycles. The summed E-state index contributed by atoms with van der Waals surface area (Å²) in [6.45, 7) is 1.55. The molecule has 5 aromatic rings. The van der Waals surface area contributed by atoms with Crippen LogP contribution in [0.4, 0.5) is 17.6 Å². The molecule has 172 valence electrons. The third-order valence-electron chi connectivity index (χ3n) is 5.19. The molecule has 4 N–H and O–H groups in total. The summed E-state index contributed by atoms with van der Waals surface area (Å²) >= 11 is 0. The maximum atomic E-state index is 11.9. The lowest BCUT2D eigenvalue weighted by molar-refractivity contribution is 0.276. The molecule has 0 saturated carbocycles. The zero-order chi connectivity index (χ0) is 23.7. The number of anilines is 3. The minimum atomic E-state index is -0.435. The van der Waals surface area contributed by atoms with Gasteiger partial charge in [-0.15, -0.1) is 0 Å². The van der Waals surface area contributed by atoms with Crippen LogP contribution in [0, 0.1) is 6.92 Å². The largest absolute Gasteiger partial charge is 0.394 e. The Labute approximate surface area is 192 Å². The molecule has 4 aromatic heterocycles. The number of nitrogens with zero attached hydrogens (tertiary/aromatic N) is 6. The number of aromatic amines is 1. The first-order chi connectivity index (χ1) is 16.5. The Hall–Kier alpha value is -4.58. The van der Waals surface area contributed by atoms with Gasteiger partial charge in [0.1, 0.15) is 17.2 Å². The molecule has 0 spiro atoms. The third-order valence-corrected chi connectivity index (χ3v) is 5.19. The SMILES string of the molecule is Cc1noc(-c2cnc(Nc3ccc4c(=O)[nH]n(C)c4n3)nc2N[C@H](CO)c2ccccc2)n1. The van der Waals surface area contributed by atoms with Crippen LogP contribution in [-0.2, 0) is 7.05 Å². The molecule has 0 saturated heterocycles. The normalized spacial score (nSPS) is 12.1. The van der Waals surface area contributed by atoms with Crippen molar-refractivity contribution >= 4 is 28.6 Å². The molecule has 1 atom stereocenters. The van der Waals surface area contributed by atoms with Crippen molar-refractivity contribution in [3.63, 3.8) is 0 Å². The molecule has 0 unspecified atom stereocenters. The molecular formula is C22H21N9O3. The Bertz CT molecular complexity index is 1510. The van der Waals surface area contributed by atoms with E-state index >= 15 is 0 Å². The molecule has 0 aliphatic carbocycles. The van der Waals surface area contributed by atoms with Gasteiger partial charge in [0.05, 0.1) is 18.0 Å². The minimum absolute atomic E-state index is 0.168. The molecule has 0 bridgehead atoms. The van der Waals surface area contributed by atoms with Gasteiger partial charge >= 0.3 is 0 Å². The average Bonchev–Trinajstić information content (AvgIpc) is 3.40. The second-order valence-corrected chi connectivity index (χ2v) is 7.59. The topological polar surface area (TPSA) is 160 Å². The number of aliphatic hydroxyl groups excluding tert-OH is 1. The van der Waals surface area contributed by atoms with Crippen molar-refractivity contribution in [3.05, 3.63) is 70.4 Å². The van der Waals surface area contributed by atoms with Crippen molar-refractivity contribution in [1.82, 2.24) is 34.9 Å². The van der Waals surface area contributed by atoms with Gasteiger partial charge in [0.15, 0.2) is 11.5 Å². The van der Waals surface area contributed by atoms with E-state index in [9.17, 15) is 9.90 Å². The summed E-state index contributed by atoms with van der Waals surface area (Å²) in [5.41, 5.74) is 1.65. The monoisotopic (exact) mass is 459 g/mol. The Balaban J connectivity index is 1.52. The van der Waals surface area contributed by atoms with E-state index in [4.69, 9.17) is 4.52 Å². The molecular weight excluding hydrogens is 438 g/mol. The lowest BCUT2D eigenvalue weighted by atomic mass is 10.1. The number of H-pyrrole nitrogens is 1. The van der Waals surface area contributed by atoms with E-state index in [1.807, 2.05) is 30.3 Å². The highest BCUT2D eigenvalue weighted by molar-refractivity contribution is 5.77. The number of aromatic nitrogens is 7. The van der Waals surface area contributed by atoms with E-state index in [1.165, 1.54) is 0 Å². The number of nitrogens with one attached hydrogen (secondary N) is 3. The van der Waals surface area contributed by atoms with Crippen LogP contribution in [0.5, 0.6) is 0 Å². The number of rotatable bonds is 7. The Morgan fingerprint density at radius 2 is 1.97 bits per heavy atom. The van der Waals surface area contributed by atoms with Crippen molar-refractivity contribution in [1.29, 1.82) is 0 Å². The highest BCUT2D eigenvalue weighted by Gasteiger charge is 2.19. The second-order valence-electron chi connectivity index (χ2n) is 7.59. The molecule has 34 heavy (non-hydrogen) atoms. The number of hydrogen-bond acceptors (Lipinski definition) is 10. The molecule has 0 fully saturated rings. The van der Waals surface area contributed by atoms with Gasteiger partial charge in [0.25, 0.3) is 11.4 Å². The van der Waals surface area contributed by atoms with E-state index < -0.39 is 6.04 Å². The fourth-order valence-electron chi connectivity index (χ4n) is 3.53. The number of fused-ring (bicyclic) bond motifs is 1. The van der Waals surface area contributed by atoms with Gasteiger partial charge in [0.2, 0.25) is 5.95 Å². The van der Waals surface area contributed by atoms with Crippen LogP contribution in [-0.4, -0.2) is 46.6 Å². The lowest BCUT2D eigenvalue weighted by Crippen LogP contribution is -2.17. The van der Waals surface area contributed by atoms with E-state index in [0.717, 1.165) is 5.56 Å². The summed E-state index contributed by atoms with van der Waals surface area (Å²) < 4.78 is 6.87. The van der Waals surface area contributed by atoms with Crippen molar-refractivity contribution in [2.75, 3.05) is 17.2 Å². The van der Waals surface area contributed by atoms with Gasteiger partial charge in [-0.1, -0.05) is 35.5 Å². The first kappa shape index (κ1) is 21.3. The van der Waals surface area contributed by atoms with Crippen LogP contribution in [0.1, 0.15) is 17.4 Å². The van der Waals surface area contributed by atoms with Crippen LogP contribution in [0.2, 0.25) is 0 Å². The molecule has 4 heterocycles.